The van der Waals surface area contributed by atoms with E-state index < -0.39 is 0 Å². The normalized spacial score (nSPS) is 13.2. The van der Waals surface area contributed by atoms with Crippen LogP contribution in [0.4, 0.5) is 11.4 Å². The Balaban J connectivity index is 1.53. The van der Waals surface area contributed by atoms with Gasteiger partial charge in [0.1, 0.15) is 0 Å². The van der Waals surface area contributed by atoms with Crippen LogP contribution in [0, 0.1) is 6.92 Å². The quantitative estimate of drug-likeness (QED) is 0.302. The van der Waals surface area contributed by atoms with Crippen molar-refractivity contribution in [2.45, 2.75) is 12.3 Å². The fourth-order valence-electron chi connectivity index (χ4n) is 5.32. The molecule has 0 radical (unpaired) electrons. The summed E-state index contributed by atoms with van der Waals surface area (Å²) in [6.07, 6.45) is 0. The minimum atomic E-state index is -0.336. The minimum Gasteiger partial charge on any atom is -0.356 e. The molecular weight excluding hydrogens is 398 g/mol. The number of fused-ring (bicyclic) bond motifs is 3. The summed E-state index contributed by atoms with van der Waals surface area (Å²) in [4.78, 5) is 0. The fourth-order valence-corrected chi connectivity index (χ4v) is 5.32. The van der Waals surface area contributed by atoms with E-state index >= 15 is 0 Å². The van der Waals surface area contributed by atoms with Crippen molar-refractivity contribution in [3.8, 4) is 11.1 Å². The standard InChI is InChI=1S/C32H25N/c1-23-15-19-26(20-16-23)33-27-21-17-25(18-22-27)32(24-9-3-2-4-10-24)30-13-7-5-11-28(30)29-12-6-8-14-31(29)32/h2-22,33H,1H3. The van der Waals surface area contributed by atoms with Crippen LogP contribution >= 0.6 is 0 Å². The first-order chi connectivity index (χ1) is 16.3. The third kappa shape index (κ3) is 3.08. The summed E-state index contributed by atoms with van der Waals surface area (Å²) in [7, 11) is 0. The van der Waals surface area contributed by atoms with Gasteiger partial charge in [0.25, 0.3) is 0 Å². The summed E-state index contributed by atoms with van der Waals surface area (Å²) in [5.41, 5.74) is 11.0. The maximum Gasteiger partial charge on any atom is 0.0713 e. The Morgan fingerprint density at radius 2 is 0.909 bits per heavy atom. The van der Waals surface area contributed by atoms with Gasteiger partial charge >= 0.3 is 0 Å². The number of hydrogen-bond donors (Lipinski definition) is 1. The van der Waals surface area contributed by atoms with Crippen molar-refractivity contribution in [2.24, 2.45) is 0 Å². The molecule has 33 heavy (non-hydrogen) atoms. The third-order valence-corrected chi connectivity index (χ3v) is 6.82. The number of rotatable bonds is 4. The molecule has 1 aliphatic rings. The van der Waals surface area contributed by atoms with E-state index in [9.17, 15) is 0 Å². The van der Waals surface area contributed by atoms with Crippen LogP contribution in [0.25, 0.3) is 11.1 Å². The van der Waals surface area contributed by atoms with E-state index in [1.54, 1.807) is 0 Å². The Labute approximate surface area is 195 Å². The van der Waals surface area contributed by atoms with Gasteiger partial charge in [-0.3, -0.25) is 0 Å². The number of benzene rings is 5. The minimum absolute atomic E-state index is 0.336. The van der Waals surface area contributed by atoms with E-state index in [2.05, 4.69) is 140 Å². The molecule has 5 aromatic rings. The lowest BCUT2D eigenvalue weighted by Crippen LogP contribution is -2.28. The van der Waals surface area contributed by atoms with Gasteiger partial charge in [-0.2, -0.15) is 0 Å². The van der Waals surface area contributed by atoms with Gasteiger partial charge in [-0.15, -0.1) is 0 Å². The van der Waals surface area contributed by atoms with Gasteiger partial charge in [0.15, 0.2) is 0 Å². The summed E-state index contributed by atoms with van der Waals surface area (Å²) in [6, 6.07) is 46.1. The third-order valence-electron chi connectivity index (χ3n) is 6.82. The summed E-state index contributed by atoms with van der Waals surface area (Å²) in [5, 5.41) is 3.54. The van der Waals surface area contributed by atoms with E-state index in [1.165, 1.54) is 38.9 Å². The van der Waals surface area contributed by atoms with Gasteiger partial charge in [0.05, 0.1) is 5.41 Å². The monoisotopic (exact) mass is 423 g/mol. The van der Waals surface area contributed by atoms with Gasteiger partial charge in [0, 0.05) is 11.4 Å². The second kappa shape index (κ2) is 7.79. The number of anilines is 2. The second-order valence-corrected chi connectivity index (χ2v) is 8.78. The van der Waals surface area contributed by atoms with E-state index in [0.29, 0.717) is 0 Å². The molecule has 0 spiro atoms. The number of aryl methyl sites for hydroxylation is 1. The summed E-state index contributed by atoms with van der Waals surface area (Å²) in [6.45, 7) is 2.11. The number of nitrogens with one attached hydrogen (secondary N) is 1. The van der Waals surface area contributed by atoms with Gasteiger partial charge < -0.3 is 5.32 Å². The summed E-state index contributed by atoms with van der Waals surface area (Å²) in [5.74, 6) is 0. The molecule has 0 atom stereocenters. The lowest BCUT2D eigenvalue weighted by atomic mass is 9.68. The predicted molar refractivity (Wildman–Crippen MR) is 138 cm³/mol. The first kappa shape index (κ1) is 19.6. The lowest BCUT2D eigenvalue weighted by molar-refractivity contribution is 0.768. The molecule has 1 heteroatoms. The van der Waals surface area contributed by atoms with Gasteiger partial charge in [-0.05, 0) is 64.6 Å². The van der Waals surface area contributed by atoms with Crippen molar-refractivity contribution >= 4 is 11.4 Å². The summed E-state index contributed by atoms with van der Waals surface area (Å²) < 4.78 is 0. The van der Waals surface area contributed by atoms with Gasteiger partial charge in [-0.25, -0.2) is 0 Å². The molecule has 0 saturated heterocycles. The molecular formula is C32H25N. The largest absolute Gasteiger partial charge is 0.356 e. The zero-order chi connectivity index (χ0) is 22.3. The molecule has 5 aromatic carbocycles. The molecule has 1 aliphatic carbocycles. The van der Waals surface area contributed by atoms with E-state index in [1.807, 2.05) is 0 Å². The van der Waals surface area contributed by atoms with E-state index in [4.69, 9.17) is 0 Å². The van der Waals surface area contributed by atoms with Crippen molar-refractivity contribution in [1.82, 2.24) is 0 Å². The van der Waals surface area contributed by atoms with Crippen molar-refractivity contribution in [3.05, 3.63) is 155 Å². The molecule has 0 unspecified atom stereocenters. The fraction of sp³-hybridized carbons (Fsp3) is 0.0625. The molecule has 0 amide bonds. The number of hydrogen-bond acceptors (Lipinski definition) is 1. The highest BCUT2D eigenvalue weighted by molar-refractivity contribution is 5.86. The van der Waals surface area contributed by atoms with Crippen LogP contribution in [0.2, 0.25) is 0 Å². The first-order valence-electron chi connectivity index (χ1n) is 11.5. The molecule has 1 N–H and O–H groups in total. The Morgan fingerprint density at radius 1 is 0.455 bits per heavy atom. The molecule has 0 aliphatic heterocycles. The van der Waals surface area contributed by atoms with Crippen molar-refractivity contribution in [2.75, 3.05) is 5.32 Å². The molecule has 0 saturated carbocycles. The van der Waals surface area contributed by atoms with E-state index in [0.717, 1.165) is 11.4 Å². The lowest BCUT2D eigenvalue weighted by Gasteiger charge is -2.34. The van der Waals surface area contributed by atoms with Crippen LogP contribution in [-0.2, 0) is 5.41 Å². The summed E-state index contributed by atoms with van der Waals surface area (Å²) >= 11 is 0. The van der Waals surface area contributed by atoms with Crippen LogP contribution in [0.5, 0.6) is 0 Å². The smallest absolute Gasteiger partial charge is 0.0713 e. The Morgan fingerprint density at radius 3 is 1.48 bits per heavy atom. The molecule has 6 rings (SSSR count). The second-order valence-electron chi connectivity index (χ2n) is 8.78. The topological polar surface area (TPSA) is 12.0 Å². The highest BCUT2D eigenvalue weighted by Crippen LogP contribution is 2.55. The van der Waals surface area contributed by atoms with Crippen molar-refractivity contribution in [3.63, 3.8) is 0 Å². The molecule has 0 aromatic heterocycles. The van der Waals surface area contributed by atoms with Crippen LogP contribution in [0.1, 0.15) is 27.8 Å². The average molecular weight is 424 g/mol. The molecule has 158 valence electrons. The molecule has 0 heterocycles. The van der Waals surface area contributed by atoms with Crippen LogP contribution in [0.3, 0.4) is 0 Å². The van der Waals surface area contributed by atoms with Crippen LogP contribution in [-0.4, -0.2) is 0 Å². The van der Waals surface area contributed by atoms with Crippen LogP contribution < -0.4 is 5.32 Å². The first-order valence-corrected chi connectivity index (χ1v) is 11.5. The van der Waals surface area contributed by atoms with Gasteiger partial charge in [-0.1, -0.05) is 109 Å². The molecule has 0 bridgehead atoms. The molecule has 1 nitrogen and oxygen atoms in total. The zero-order valence-corrected chi connectivity index (χ0v) is 18.6. The Hall–Kier alpha value is -4.10. The maximum atomic E-state index is 3.54. The molecule has 0 fully saturated rings. The Kier molecular flexibility index (Phi) is 4.62. The van der Waals surface area contributed by atoms with E-state index in [-0.39, 0.29) is 5.41 Å². The van der Waals surface area contributed by atoms with Gasteiger partial charge in [0.2, 0.25) is 0 Å². The Bertz CT molecular complexity index is 1370. The SMILES string of the molecule is Cc1ccc(Nc2ccc(C3(c4ccccc4)c4ccccc4-c4ccccc43)cc2)cc1. The average Bonchev–Trinajstić information content (AvgIpc) is 3.18. The van der Waals surface area contributed by atoms with Crippen molar-refractivity contribution < 1.29 is 0 Å². The highest BCUT2D eigenvalue weighted by Gasteiger charge is 2.45. The predicted octanol–water partition coefficient (Wildman–Crippen LogP) is 8.10. The zero-order valence-electron chi connectivity index (χ0n) is 18.6. The van der Waals surface area contributed by atoms with Crippen LogP contribution in [0.15, 0.2) is 127 Å². The maximum absolute atomic E-state index is 3.54. The van der Waals surface area contributed by atoms with Crippen molar-refractivity contribution in [1.29, 1.82) is 0 Å². The highest BCUT2D eigenvalue weighted by atomic mass is 14.9.